The summed E-state index contributed by atoms with van der Waals surface area (Å²) in [4.78, 5) is 0. The predicted molar refractivity (Wildman–Crippen MR) is 91.1 cm³/mol. The lowest BCUT2D eigenvalue weighted by atomic mass is 9.47. The van der Waals surface area contributed by atoms with Crippen molar-refractivity contribution in [2.45, 2.75) is 59.3 Å². The Balaban J connectivity index is 2.31. The van der Waals surface area contributed by atoms with Crippen molar-refractivity contribution < 1.29 is 5.11 Å². The van der Waals surface area contributed by atoms with Crippen molar-refractivity contribution in [1.29, 1.82) is 0 Å². The van der Waals surface area contributed by atoms with Crippen molar-refractivity contribution in [3.8, 4) is 0 Å². The van der Waals surface area contributed by atoms with Gasteiger partial charge in [-0.05, 0) is 61.7 Å². The fourth-order valence-corrected chi connectivity index (χ4v) is 5.10. The van der Waals surface area contributed by atoms with Crippen molar-refractivity contribution in [3.05, 3.63) is 36.5 Å². The van der Waals surface area contributed by atoms with Gasteiger partial charge >= 0.3 is 0 Å². The number of aliphatic hydroxyl groups is 1. The van der Waals surface area contributed by atoms with Crippen LogP contribution in [0.1, 0.15) is 59.3 Å². The van der Waals surface area contributed by atoms with Gasteiger partial charge in [0, 0.05) is 6.61 Å². The molecule has 0 radical (unpaired) electrons. The highest BCUT2D eigenvalue weighted by molar-refractivity contribution is 5.20. The Morgan fingerprint density at radius 2 is 2.10 bits per heavy atom. The minimum Gasteiger partial charge on any atom is -0.396 e. The summed E-state index contributed by atoms with van der Waals surface area (Å²) in [6.45, 7) is 15.4. The van der Waals surface area contributed by atoms with E-state index < -0.39 is 0 Å². The Labute approximate surface area is 130 Å². The molecule has 2 unspecified atom stereocenters. The molecule has 0 saturated heterocycles. The van der Waals surface area contributed by atoms with Crippen LogP contribution < -0.4 is 0 Å². The lowest BCUT2D eigenvalue weighted by Crippen LogP contribution is -2.51. The van der Waals surface area contributed by atoms with E-state index in [0.717, 1.165) is 12.8 Å². The zero-order chi connectivity index (χ0) is 15.7. The lowest BCUT2D eigenvalue weighted by molar-refractivity contribution is -0.0837. The van der Waals surface area contributed by atoms with Crippen molar-refractivity contribution >= 4 is 0 Å². The van der Waals surface area contributed by atoms with Gasteiger partial charge in [-0.15, -0.1) is 0 Å². The van der Waals surface area contributed by atoms with Gasteiger partial charge in [0.2, 0.25) is 0 Å². The Hall–Kier alpha value is -0.820. The molecule has 0 aromatic carbocycles. The van der Waals surface area contributed by atoms with Gasteiger partial charge in [-0.25, -0.2) is 0 Å². The monoisotopic (exact) mass is 288 g/mol. The molecule has 4 atom stereocenters. The summed E-state index contributed by atoms with van der Waals surface area (Å²) in [5.41, 5.74) is 3.07. The van der Waals surface area contributed by atoms with Gasteiger partial charge in [-0.2, -0.15) is 0 Å². The Kier molecular flexibility index (Phi) is 4.82. The maximum Gasteiger partial charge on any atom is 0.0487 e. The largest absolute Gasteiger partial charge is 0.396 e. The summed E-state index contributed by atoms with van der Waals surface area (Å²) in [5.74, 6) is 1.18. The molecule has 0 heterocycles. The van der Waals surface area contributed by atoms with Crippen LogP contribution in [0, 0.1) is 22.7 Å². The zero-order valence-electron chi connectivity index (χ0n) is 14.1. The van der Waals surface area contributed by atoms with E-state index in [4.69, 9.17) is 0 Å². The van der Waals surface area contributed by atoms with Gasteiger partial charge in [0.05, 0.1) is 0 Å². The van der Waals surface area contributed by atoms with Gasteiger partial charge in [-0.1, -0.05) is 56.7 Å². The normalized spacial score (nSPS) is 40.8. The topological polar surface area (TPSA) is 20.2 Å². The predicted octanol–water partition coefficient (Wildman–Crippen LogP) is 5.28. The van der Waals surface area contributed by atoms with E-state index in [2.05, 4.69) is 40.0 Å². The van der Waals surface area contributed by atoms with Gasteiger partial charge in [0.25, 0.3) is 0 Å². The maximum atomic E-state index is 9.96. The molecule has 2 aliphatic carbocycles. The van der Waals surface area contributed by atoms with Gasteiger partial charge in [0.1, 0.15) is 0 Å². The van der Waals surface area contributed by atoms with E-state index in [-0.39, 0.29) is 5.41 Å². The van der Waals surface area contributed by atoms with Crippen LogP contribution in [0.3, 0.4) is 0 Å². The van der Waals surface area contributed by atoms with Crippen LogP contribution in [-0.4, -0.2) is 11.7 Å². The van der Waals surface area contributed by atoms with E-state index in [9.17, 15) is 5.11 Å². The number of hydrogen-bond acceptors (Lipinski definition) is 1. The molecule has 118 valence electrons. The standard InChI is InChI=1S/C20H32O/c1-6-15(2)8-10-17-16(3)9-11-18-19(4,14-21)12-7-13-20(17,18)5/h6,8,17-18,21H,1,3,7,9-14H2,2,4-5H3/t17?,18?,19-,20-/m1/s1. The smallest absolute Gasteiger partial charge is 0.0487 e. The molecule has 1 N–H and O–H groups in total. The number of aliphatic hydroxyl groups excluding tert-OH is 1. The van der Waals surface area contributed by atoms with Gasteiger partial charge in [-0.3, -0.25) is 0 Å². The molecule has 2 aliphatic rings. The Morgan fingerprint density at radius 3 is 2.71 bits per heavy atom. The molecule has 2 fully saturated rings. The second kappa shape index (κ2) is 6.12. The summed E-state index contributed by atoms with van der Waals surface area (Å²) in [7, 11) is 0. The number of rotatable bonds is 4. The Morgan fingerprint density at radius 1 is 1.38 bits per heavy atom. The molecule has 0 bridgehead atoms. The molecule has 2 rings (SSSR count). The highest BCUT2D eigenvalue weighted by Gasteiger charge is 2.53. The summed E-state index contributed by atoms with van der Waals surface area (Å²) >= 11 is 0. The van der Waals surface area contributed by atoms with Gasteiger partial charge < -0.3 is 5.11 Å². The fourth-order valence-electron chi connectivity index (χ4n) is 5.10. The third-order valence-corrected chi connectivity index (χ3v) is 6.50. The minimum atomic E-state index is 0.100. The van der Waals surface area contributed by atoms with E-state index in [1.165, 1.54) is 36.8 Å². The van der Waals surface area contributed by atoms with Crippen LogP contribution >= 0.6 is 0 Å². The average molecular weight is 288 g/mol. The summed E-state index contributed by atoms with van der Waals surface area (Å²) in [6.07, 6.45) is 11.3. The Bertz CT molecular complexity index is 447. The average Bonchev–Trinajstić information content (AvgIpc) is 2.45. The van der Waals surface area contributed by atoms with E-state index in [1.807, 2.05) is 6.08 Å². The van der Waals surface area contributed by atoms with E-state index in [1.54, 1.807) is 0 Å². The maximum absolute atomic E-state index is 9.96. The van der Waals surface area contributed by atoms with Crippen LogP contribution in [-0.2, 0) is 0 Å². The highest BCUT2D eigenvalue weighted by Crippen LogP contribution is 2.61. The first kappa shape index (κ1) is 16.5. The second-order valence-corrected chi connectivity index (χ2v) is 7.86. The molecular formula is C20H32O. The molecule has 1 heteroatoms. The van der Waals surface area contributed by atoms with Crippen LogP contribution in [0.5, 0.6) is 0 Å². The van der Waals surface area contributed by atoms with Crippen LogP contribution in [0.15, 0.2) is 36.5 Å². The van der Waals surface area contributed by atoms with Crippen LogP contribution in [0.2, 0.25) is 0 Å². The first-order chi connectivity index (χ1) is 9.87. The molecule has 0 aliphatic heterocycles. The number of hydrogen-bond donors (Lipinski definition) is 1. The van der Waals surface area contributed by atoms with Gasteiger partial charge in [0.15, 0.2) is 0 Å². The summed E-state index contributed by atoms with van der Waals surface area (Å²) in [5, 5.41) is 9.96. The molecule has 0 aromatic heterocycles. The first-order valence-electron chi connectivity index (χ1n) is 8.45. The first-order valence-corrected chi connectivity index (χ1v) is 8.45. The highest BCUT2D eigenvalue weighted by atomic mass is 16.3. The van der Waals surface area contributed by atoms with Crippen LogP contribution in [0.25, 0.3) is 0 Å². The molecule has 0 aromatic rings. The number of allylic oxidation sites excluding steroid dienone is 4. The van der Waals surface area contributed by atoms with E-state index in [0.29, 0.717) is 23.9 Å². The third-order valence-electron chi connectivity index (χ3n) is 6.50. The van der Waals surface area contributed by atoms with Crippen molar-refractivity contribution in [3.63, 3.8) is 0 Å². The molecule has 1 nitrogen and oxygen atoms in total. The minimum absolute atomic E-state index is 0.100. The SMILES string of the molecule is C=CC(C)=CCC1C(=C)CCC2[C@@](C)(CO)CCC[C@]12C. The van der Waals surface area contributed by atoms with Crippen molar-refractivity contribution in [2.75, 3.05) is 6.61 Å². The third kappa shape index (κ3) is 2.90. The summed E-state index contributed by atoms with van der Waals surface area (Å²) in [6, 6.07) is 0. The fraction of sp³-hybridized carbons (Fsp3) is 0.700. The van der Waals surface area contributed by atoms with Crippen molar-refractivity contribution in [1.82, 2.24) is 0 Å². The second-order valence-electron chi connectivity index (χ2n) is 7.86. The summed E-state index contributed by atoms with van der Waals surface area (Å²) < 4.78 is 0. The van der Waals surface area contributed by atoms with Crippen molar-refractivity contribution in [2.24, 2.45) is 22.7 Å². The molecule has 0 amide bonds. The molecular weight excluding hydrogens is 256 g/mol. The molecule has 21 heavy (non-hydrogen) atoms. The lowest BCUT2D eigenvalue weighted by Gasteiger charge is -2.58. The quantitative estimate of drug-likeness (QED) is 0.551. The molecule has 2 saturated carbocycles. The number of fused-ring (bicyclic) bond motifs is 1. The van der Waals surface area contributed by atoms with E-state index >= 15 is 0 Å². The molecule has 0 spiro atoms. The zero-order valence-corrected chi connectivity index (χ0v) is 14.1. The van der Waals surface area contributed by atoms with Crippen LogP contribution in [0.4, 0.5) is 0 Å².